The molecule has 0 fully saturated rings. The van der Waals surface area contributed by atoms with Crippen LogP contribution in [0.2, 0.25) is 0 Å². The average molecular weight is 423 g/mol. The van der Waals surface area contributed by atoms with Gasteiger partial charge in [0.05, 0.1) is 11.9 Å². The minimum Gasteiger partial charge on any atom is -0.302 e. The van der Waals surface area contributed by atoms with Crippen LogP contribution in [0, 0.1) is 12.7 Å². The molecule has 2 heterocycles. The van der Waals surface area contributed by atoms with E-state index in [1.54, 1.807) is 43.5 Å². The van der Waals surface area contributed by atoms with Gasteiger partial charge in [-0.05, 0) is 36.2 Å². The molecule has 0 atom stereocenters. The van der Waals surface area contributed by atoms with Gasteiger partial charge in [-0.2, -0.15) is 0 Å². The van der Waals surface area contributed by atoms with E-state index in [1.165, 1.54) is 22.1 Å². The number of aromatic nitrogens is 4. The standard InChI is InChI=1S/C21H18FN5O2S/c1-13-6-7-14(11-17(13)22)10-15-12-23-21(30-15)24-19(28)8-9-27-20(29)16-4-2-3-5-18(16)25-26-27/h2-7,11-12H,8-10H2,1H3,(H,23,24,28). The fraction of sp³-hybridized carbons (Fsp3) is 0.190. The molecule has 1 N–H and O–H groups in total. The normalized spacial score (nSPS) is 11.0. The molecule has 0 aliphatic heterocycles. The molecule has 0 aliphatic rings. The van der Waals surface area contributed by atoms with Crippen molar-refractivity contribution in [1.82, 2.24) is 20.0 Å². The molecule has 0 unspecified atom stereocenters. The molecule has 2 aromatic heterocycles. The van der Waals surface area contributed by atoms with Crippen LogP contribution in [-0.4, -0.2) is 25.9 Å². The molecule has 0 aliphatic carbocycles. The van der Waals surface area contributed by atoms with Crippen LogP contribution in [-0.2, 0) is 17.8 Å². The van der Waals surface area contributed by atoms with Crippen molar-refractivity contribution < 1.29 is 9.18 Å². The van der Waals surface area contributed by atoms with Crippen molar-refractivity contribution in [1.29, 1.82) is 0 Å². The van der Waals surface area contributed by atoms with Gasteiger partial charge in [-0.3, -0.25) is 9.59 Å². The summed E-state index contributed by atoms with van der Waals surface area (Å²) in [5.74, 6) is -0.517. The summed E-state index contributed by atoms with van der Waals surface area (Å²) in [4.78, 5) is 29.8. The quantitative estimate of drug-likeness (QED) is 0.514. The Bertz CT molecular complexity index is 1280. The molecule has 0 radical (unpaired) electrons. The molecule has 4 rings (SSSR count). The molecule has 9 heteroatoms. The Labute approximate surface area is 175 Å². The van der Waals surface area contributed by atoms with Gasteiger partial charge in [-0.25, -0.2) is 14.1 Å². The first-order chi connectivity index (χ1) is 14.5. The van der Waals surface area contributed by atoms with Gasteiger partial charge in [0.25, 0.3) is 5.56 Å². The number of hydrogen-bond acceptors (Lipinski definition) is 6. The third-order valence-electron chi connectivity index (χ3n) is 4.59. The number of anilines is 1. The molecule has 30 heavy (non-hydrogen) atoms. The highest BCUT2D eigenvalue weighted by Gasteiger charge is 2.11. The summed E-state index contributed by atoms with van der Waals surface area (Å²) in [6.07, 6.45) is 2.26. The van der Waals surface area contributed by atoms with Gasteiger partial charge in [-0.15, -0.1) is 16.4 Å². The number of carbonyl (C=O) groups excluding carboxylic acids is 1. The number of carbonyl (C=O) groups is 1. The van der Waals surface area contributed by atoms with Gasteiger partial charge in [-0.1, -0.05) is 29.5 Å². The number of nitrogens with zero attached hydrogens (tertiary/aromatic N) is 4. The summed E-state index contributed by atoms with van der Waals surface area (Å²) in [7, 11) is 0. The third kappa shape index (κ3) is 4.41. The van der Waals surface area contributed by atoms with E-state index in [0.717, 1.165) is 10.4 Å². The smallest absolute Gasteiger partial charge is 0.277 e. The maximum absolute atomic E-state index is 13.7. The first-order valence-electron chi connectivity index (χ1n) is 9.32. The lowest BCUT2D eigenvalue weighted by Crippen LogP contribution is -2.26. The number of benzene rings is 2. The lowest BCUT2D eigenvalue weighted by molar-refractivity contribution is -0.116. The maximum atomic E-state index is 13.7. The van der Waals surface area contributed by atoms with Gasteiger partial charge >= 0.3 is 0 Å². The van der Waals surface area contributed by atoms with E-state index >= 15 is 0 Å². The highest BCUT2D eigenvalue weighted by atomic mass is 32.1. The molecule has 0 saturated heterocycles. The van der Waals surface area contributed by atoms with E-state index in [0.29, 0.717) is 28.0 Å². The Morgan fingerprint density at radius 2 is 2.07 bits per heavy atom. The van der Waals surface area contributed by atoms with Gasteiger partial charge in [0.1, 0.15) is 11.3 Å². The largest absolute Gasteiger partial charge is 0.302 e. The lowest BCUT2D eigenvalue weighted by atomic mass is 10.1. The number of aryl methyl sites for hydroxylation is 2. The van der Waals surface area contributed by atoms with E-state index in [-0.39, 0.29) is 30.2 Å². The summed E-state index contributed by atoms with van der Waals surface area (Å²) in [6.45, 7) is 1.83. The zero-order valence-electron chi connectivity index (χ0n) is 16.1. The van der Waals surface area contributed by atoms with Crippen molar-refractivity contribution in [2.45, 2.75) is 26.3 Å². The van der Waals surface area contributed by atoms with Crippen molar-refractivity contribution in [3.63, 3.8) is 0 Å². The van der Waals surface area contributed by atoms with Crippen molar-refractivity contribution >= 4 is 33.3 Å². The molecule has 2 aromatic carbocycles. The van der Waals surface area contributed by atoms with E-state index in [9.17, 15) is 14.0 Å². The summed E-state index contributed by atoms with van der Waals surface area (Å²) in [6, 6.07) is 12.1. The Morgan fingerprint density at radius 3 is 2.90 bits per heavy atom. The minimum absolute atomic E-state index is 0.0605. The van der Waals surface area contributed by atoms with Crippen LogP contribution in [0.15, 0.2) is 53.5 Å². The molecule has 0 spiro atoms. The van der Waals surface area contributed by atoms with Crippen LogP contribution in [0.1, 0.15) is 22.4 Å². The predicted molar refractivity (Wildman–Crippen MR) is 113 cm³/mol. The summed E-state index contributed by atoms with van der Waals surface area (Å²) < 4.78 is 14.9. The fourth-order valence-corrected chi connectivity index (χ4v) is 3.82. The zero-order chi connectivity index (χ0) is 21.1. The van der Waals surface area contributed by atoms with Crippen LogP contribution >= 0.6 is 11.3 Å². The fourth-order valence-electron chi connectivity index (χ4n) is 2.95. The van der Waals surface area contributed by atoms with E-state index in [1.807, 2.05) is 6.07 Å². The molecule has 0 bridgehead atoms. The van der Waals surface area contributed by atoms with Gasteiger partial charge in [0.15, 0.2) is 5.13 Å². The van der Waals surface area contributed by atoms with E-state index < -0.39 is 0 Å². The average Bonchev–Trinajstić information content (AvgIpc) is 3.17. The SMILES string of the molecule is Cc1ccc(Cc2cnc(NC(=O)CCn3nnc4ccccc4c3=O)s2)cc1F. The number of thiazole rings is 1. The molecule has 7 nitrogen and oxygen atoms in total. The highest BCUT2D eigenvalue weighted by molar-refractivity contribution is 7.15. The van der Waals surface area contributed by atoms with Crippen LogP contribution < -0.4 is 10.9 Å². The topological polar surface area (TPSA) is 89.8 Å². The van der Waals surface area contributed by atoms with Gasteiger partial charge in [0.2, 0.25) is 5.91 Å². The molecule has 152 valence electrons. The zero-order valence-corrected chi connectivity index (χ0v) is 16.9. The first kappa shape index (κ1) is 19.8. The second-order valence-corrected chi connectivity index (χ2v) is 7.94. The van der Waals surface area contributed by atoms with Crippen LogP contribution in [0.25, 0.3) is 10.9 Å². The Morgan fingerprint density at radius 1 is 1.23 bits per heavy atom. The monoisotopic (exact) mass is 423 g/mol. The molecular weight excluding hydrogens is 405 g/mol. The van der Waals surface area contributed by atoms with Gasteiger partial charge < -0.3 is 5.32 Å². The van der Waals surface area contributed by atoms with E-state index in [2.05, 4.69) is 20.6 Å². The van der Waals surface area contributed by atoms with Crippen molar-refractivity contribution in [2.75, 3.05) is 5.32 Å². The van der Waals surface area contributed by atoms with Crippen LogP contribution in [0.5, 0.6) is 0 Å². The minimum atomic E-state index is -0.282. The second kappa shape index (κ2) is 8.50. The Hall–Kier alpha value is -3.46. The number of fused-ring (bicyclic) bond motifs is 1. The van der Waals surface area contributed by atoms with Crippen LogP contribution in [0.3, 0.4) is 0 Å². The Kier molecular flexibility index (Phi) is 5.62. The number of nitrogens with one attached hydrogen (secondary N) is 1. The van der Waals surface area contributed by atoms with Gasteiger partial charge in [0, 0.05) is 23.9 Å². The number of amides is 1. The van der Waals surface area contributed by atoms with Crippen molar-refractivity contribution in [2.24, 2.45) is 0 Å². The highest BCUT2D eigenvalue weighted by Crippen LogP contribution is 2.22. The maximum Gasteiger partial charge on any atom is 0.277 e. The number of halogens is 1. The number of hydrogen-bond donors (Lipinski definition) is 1. The molecule has 0 saturated carbocycles. The summed E-state index contributed by atoms with van der Waals surface area (Å²) in [5.41, 5.74) is 1.68. The molecule has 4 aromatic rings. The number of rotatable bonds is 6. The first-order valence-corrected chi connectivity index (χ1v) is 10.1. The van der Waals surface area contributed by atoms with E-state index in [4.69, 9.17) is 0 Å². The molecule has 1 amide bonds. The predicted octanol–water partition coefficient (Wildman–Crippen LogP) is 3.32. The van der Waals surface area contributed by atoms with Crippen molar-refractivity contribution in [3.05, 3.63) is 80.8 Å². The summed E-state index contributed by atoms with van der Waals surface area (Å²) >= 11 is 1.33. The molecular formula is C21H18FN5O2S. The summed E-state index contributed by atoms with van der Waals surface area (Å²) in [5, 5.41) is 11.5. The lowest BCUT2D eigenvalue weighted by Gasteiger charge is -2.05. The Balaban J connectivity index is 1.36. The second-order valence-electron chi connectivity index (χ2n) is 6.83. The third-order valence-corrected chi connectivity index (χ3v) is 5.51. The van der Waals surface area contributed by atoms with Crippen LogP contribution in [0.4, 0.5) is 9.52 Å². The van der Waals surface area contributed by atoms with Crippen molar-refractivity contribution in [3.8, 4) is 0 Å².